The van der Waals surface area contributed by atoms with Gasteiger partial charge in [-0.25, -0.2) is 4.79 Å². The minimum atomic E-state index is -5.08. The Morgan fingerprint density at radius 3 is 2.22 bits per heavy atom. The molecule has 202 valence electrons. The zero-order valence-electron chi connectivity index (χ0n) is 20.7. The van der Waals surface area contributed by atoms with Crippen LogP contribution in [0.15, 0.2) is 12.2 Å². The van der Waals surface area contributed by atoms with Crippen LogP contribution in [-0.4, -0.2) is 57.9 Å². The second-order valence-electron chi connectivity index (χ2n) is 9.96. The predicted molar refractivity (Wildman–Crippen MR) is 130 cm³/mol. The van der Waals surface area contributed by atoms with Gasteiger partial charge in [0, 0.05) is 17.5 Å². The Balaban J connectivity index is 0.000000572. The van der Waals surface area contributed by atoms with Crippen LogP contribution in [-0.2, 0) is 19.8 Å². The highest BCUT2D eigenvalue weighted by molar-refractivity contribution is 7.15. The molecule has 2 aliphatic rings. The molecule has 13 heteroatoms. The Morgan fingerprint density at radius 1 is 1.14 bits per heavy atom. The number of carbonyl (C=O) groups excluding carboxylic acids is 2. The molecule has 1 aliphatic carbocycles. The van der Waals surface area contributed by atoms with Crippen molar-refractivity contribution in [1.82, 2.24) is 20.8 Å². The molecule has 1 saturated carbocycles. The van der Waals surface area contributed by atoms with Crippen molar-refractivity contribution in [2.75, 3.05) is 11.9 Å². The van der Waals surface area contributed by atoms with E-state index < -0.39 is 12.1 Å². The summed E-state index contributed by atoms with van der Waals surface area (Å²) in [4.78, 5) is 33.7. The van der Waals surface area contributed by atoms with E-state index in [9.17, 15) is 22.8 Å². The molecule has 4 N–H and O–H groups in total. The number of hydrogen-bond donors (Lipinski definition) is 4. The molecule has 2 fully saturated rings. The fourth-order valence-corrected chi connectivity index (χ4v) is 4.50. The van der Waals surface area contributed by atoms with Gasteiger partial charge in [0.05, 0.1) is 6.04 Å². The Kier molecular flexibility index (Phi) is 10.8. The standard InChI is InChI=1S/C21H33N5O2S.C2HF3O2/c1-21(2,3)19-25-26-20(29-19)24-17(27)10-9-15(13-14-7-5-4-6-8-14)23-18(28)16-11-12-22-16;3-2(4,5)1(6)7/h9-10,14-16,22H,4-8,11-13H2,1-3H3,(H,23,28)(H,24,26,27);(H,6,7)/t15-,16+;/m1./s1. The molecule has 0 unspecified atom stereocenters. The normalized spacial score (nSPS) is 19.6. The van der Waals surface area contributed by atoms with Crippen molar-refractivity contribution >= 4 is 34.3 Å². The SMILES string of the molecule is CC(C)(C)c1nnc(NC(=O)C=C[C@H](CC2CCCCC2)NC(=O)[C@@H]2CCN2)s1.O=C(O)C(F)(F)F. The number of carbonyl (C=O) groups is 3. The monoisotopic (exact) mass is 533 g/mol. The van der Waals surface area contributed by atoms with E-state index in [0.717, 1.165) is 24.4 Å². The quantitative estimate of drug-likeness (QED) is 0.392. The van der Waals surface area contributed by atoms with Crippen LogP contribution in [0, 0.1) is 5.92 Å². The third-order valence-corrected chi connectivity index (χ3v) is 7.06. The van der Waals surface area contributed by atoms with Crippen LogP contribution in [0.2, 0.25) is 0 Å². The van der Waals surface area contributed by atoms with Gasteiger partial charge < -0.3 is 15.7 Å². The van der Waals surface area contributed by atoms with Gasteiger partial charge in [0.15, 0.2) is 0 Å². The largest absolute Gasteiger partial charge is 0.490 e. The number of rotatable bonds is 7. The maximum absolute atomic E-state index is 12.4. The van der Waals surface area contributed by atoms with E-state index in [2.05, 4.69) is 46.9 Å². The van der Waals surface area contributed by atoms with Crippen molar-refractivity contribution < 1.29 is 32.7 Å². The average Bonchev–Trinajstić information content (AvgIpc) is 3.20. The van der Waals surface area contributed by atoms with E-state index in [0.29, 0.717) is 11.0 Å². The van der Waals surface area contributed by atoms with Crippen LogP contribution in [0.25, 0.3) is 0 Å². The van der Waals surface area contributed by atoms with E-state index in [1.54, 1.807) is 0 Å². The predicted octanol–water partition coefficient (Wildman–Crippen LogP) is 3.78. The van der Waals surface area contributed by atoms with Gasteiger partial charge in [0.2, 0.25) is 16.9 Å². The van der Waals surface area contributed by atoms with Crippen molar-refractivity contribution in [2.24, 2.45) is 5.92 Å². The molecule has 2 heterocycles. The first-order chi connectivity index (χ1) is 16.8. The third-order valence-electron chi connectivity index (χ3n) is 5.80. The van der Waals surface area contributed by atoms with Crippen LogP contribution >= 0.6 is 11.3 Å². The minimum Gasteiger partial charge on any atom is -0.475 e. The second kappa shape index (κ2) is 13.1. The van der Waals surface area contributed by atoms with E-state index in [1.165, 1.54) is 49.5 Å². The van der Waals surface area contributed by atoms with Crippen molar-refractivity contribution in [3.63, 3.8) is 0 Å². The molecule has 3 rings (SSSR count). The van der Waals surface area contributed by atoms with Crippen molar-refractivity contribution in [3.05, 3.63) is 17.2 Å². The summed E-state index contributed by atoms with van der Waals surface area (Å²) < 4.78 is 31.7. The zero-order chi connectivity index (χ0) is 26.9. The molecular weight excluding hydrogens is 499 g/mol. The number of alkyl halides is 3. The second-order valence-corrected chi connectivity index (χ2v) is 10.9. The summed E-state index contributed by atoms with van der Waals surface area (Å²) in [6.07, 6.45) is 6.24. The number of aliphatic carboxylic acids is 1. The van der Waals surface area contributed by atoms with E-state index in [1.807, 2.05) is 6.08 Å². The summed E-state index contributed by atoms with van der Waals surface area (Å²) in [7, 11) is 0. The smallest absolute Gasteiger partial charge is 0.475 e. The first kappa shape index (κ1) is 29.7. The van der Waals surface area contributed by atoms with E-state index in [-0.39, 0.29) is 29.3 Å². The number of halogens is 3. The molecule has 36 heavy (non-hydrogen) atoms. The fraction of sp³-hybridized carbons (Fsp3) is 0.696. The molecule has 1 saturated heterocycles. The summed E-state index contributed by atoms with van der Waals surface area (Å²) in [5.41, 5.74) is -0.0958. The van der Waals surface area contributed by atoms with Gasteiger partial charge in [-0.2, -0.15) is 13.2 Å². The molecule has 0 aromatic carbocycles. The highest BCUT2D eigenvalue weighted by Gasteiger charge is 2.38. The Bertz CT molecular complexity index is 920. The van der Waals surface area contributed by atoms with E-state index in [4.69, 9.17) is 9.90 Å². The number of hydrogen-bond acceptors (Lipinski definition) is 7. The molecule has 1 aromatic rings. The number of nitrogens with one attached hydrogen (secondary N) is 3. The third kappa shape index (κ3) is 10.2. The van der Waals surface area contributed by atoms with Gasteiger partial charge in [-0.3, -0.25) is 14.9 Å². The van der Waals surface area contributed by atoms with Gasteiger partial charge in [-0.1, -0.05) is 70.3 Å². The maximum atomic E-state index is 12.4. The van der Waals surface area contributed by atoms with Gasteiger partial charge in [0.1, 0.15) is 5.01 Å². The first-order valence-electron chi connectivity index (χ1n) is 11.9. The Hall–Kier alpha value is -2.54. The van der Waals surface area contributed by atoms with Crippen LogP contribution < -0.4 is 16.0 Å². The fourth-order valence-electron chi connectivity index (χ4n) is 3.69. The lowest BCUT2D eigenvalue weighted by molar-refractivity contribution is -0.192. The summed E-state index contributed by atoms with van der Waals surface area (Å²) >= 11 is 1.39. The Labute approximate surface area is 212 Å². The number of aromatic nitrogens is 2. The lowest BCUT2D eigenvalue weighted by Crippen LogP contribution is -2.55. The lowest BCUT2D eigenvalue weighted by atomic mass is 9.84. The summed E-state index contributed by atoms with van der Waals surface area (Å²) in [6.45, 7) is 7.08. The highest BCUT2D eigenvalue weighted by Crippen LogP contribution is 2.29. The van der Waals surface area contributed by atoms with Gasteiger partial charge >= 0.3 is 12.1 Å². The van der Waals surface area contributed by atoms with Crippen LogP contribution in [0.4, 0.5) is 18.3 Å². The van der Waals surface area contributed by atoms with Crippen LogP contribution in [0.3, 0.4) is 0 Å². The maximum Gasteiger partial charge on any atom is 0.490 e. The molecule has 0 bridgehead atoms. The highest BCUT2D eigenvalue weighted by atomic mass is 32.1. The molecule has 0 spiro atoms. The number of carboxylic acid groups (broad SMARTS) is 1. The lowest BCUT2D eigenvalue weighted by Gasteiger charge is -2.30. The number of anilines is 1. The molecule has 1 aromatic heterocycles. The topological polar surface area (TPSA) is 133 Å². The summed E-state index contributed by atoms with van der Waals surface area (Å²) in [5, 5.41) is 25.8. The molecule has 2 atom stereocenters. The van der Waals surface area contributed by atoms with E-state index >= 15 is 0 Å². The summed E-state index contributed by atoms with van der Waals surface area (Å²) in [5.74, 6) is -2.37. The van der Waals surface area contributed by atoms with Gasteiger partial charge in [0.25, 0.3) is 0 Å². The van der Waals surface area contributed by atoms with Crippen LogP contribution in [0.1, 0.15) is 70.7 Å². The number of carboxylic acids is 1. The van der Waals surface area contributed by atoms with Crippen molar-refractivity contribution in [3.8, 4) is 0 Å². The minimum absolute atomic E-state index is 0.0288. The number of nitrogens with zero attached hydrogens (tertiary/aromatic N) is 2. The molecular formula is C23H34F3N5O4S. The van der Waals surface area contributed by atoms with Gasteiger partial charge in [-0.15, -0.1) is 10.2 Å². The zero-order valence-corrected chi connectivity index (χ0v) is 21.5. The molecule has 2 amide bonds. The number of amides is 2. The van der Waals surface area contributed by atoms with Crippen LogP contribution in [0.5, 0.6) is 0 Å². The van der Waals surface area contributed by atoms with Gasteiger partial charge in [-0.05, 0) is 25.3 Å². The first-order valence-corrected chi connectivity index (χ1v) is 12.7. The Morgan fingerprint density at radius 2 is 1.75 bits per heavy atom. The molecule has 9 nitrogen and oxygen atoms in total. The van der Waals surface area contributed by atoms with Crippen molar-refractivity contribution in [1.29, 1.82) is 0 Å². The average molecular weight is 534 g/mol. The summed E-state index contributed by atoms with van der Waals surface area (Å²) in [6, 6.07) is -0.221. The van der Waals surface area contributed by atoms with Crippen molar-refractivity contribution in [2.45, 2.75) is 89.4 Å². The molecule has 1 aliphatic heterocycles. The molecule has 0 radical (unpaired) electrons.